The third kappa shape index (κ3) is 4.63. The molecule has 0 bridgehead atoms. The van der Waals surface area contributed by atoms with Crippen molar-refractivity contribution in [2.24, 2.45) is 0 Å². The standard InChI is InChI=1S/C21H17FN4O4S3/c1-11-3-8-19(32-11)33(29,30)25-21(28)24-13-4-7-18(16(22)9-13)26-12(2)23-17-6-5-14(31)10-15(17)20(26)27/h3-10,31H,1-2H3,(H2,24,25,28). The lowest BCUT2D eigenvalue weighted by molar-refractivity contribution is 0.256. The zero-order valence-electron chi connectivity index (χ0n) is 17.3. The number of amides is 2. The van der Waals surface area contributed by atoms with Gasteiger partial charge in [0.25, 0.3) is 15.6 Å². The Morgan fingerprint density at radius 2 is 1.88 bits per heavy atom. The van der Waals surface area contributed by atoms with Gasteiger partial charge in [-0.3, -0.25) is 9.36 Å². The molecule has 0 unspecified atom stereocenters. The molecule has 0 aliphatic rings. The molecule has 0 aliphatic heterocycles. The average molecular weight is 505 g/mol. The van der Waals surface area contributed by atoms with Crippen LogP contribution < -0.4 is 15.6 Å². The molecule has 4 aromatic rings. The number of nitrogens with zero attached hydrogens (tertiary/aromatic N) is 2. The van der Waals surface area contributed by atoms with E-state index in [-0.39, 0.29) is 26.8 Å². The van der Waals surface area contributed by atoms with Crippen molar-refractivity contribution in [1.82, 2.24) is 14.3 Å². The number of anilines is 1. The molecule has 4 rings (SSSR count). The van der Waals surface area contributed by atoms with E-state index in [2.05, 4.69) is 22.9 Å². The fraction of sp³-hybridized carbons (Fsp3) is 0.0952. The highest BCUT2D eigenvalue weighted by Gasteiger charge is 2.20. The van der Waals surface area contributed by atoms with Gasteiger partial charge in [0.2, 0.25) is 0 Å². The lowest BCUT2D eigenvalue weighted by Gasteiger charge is -2.13. The first-order chi connectivity index (χ1) is 15.5. The number of carbonyl (C=O) groups excluding carboxylic acids is 1. The smallest absolute Gasteiger partial charge is 0.307 e. The zero-order chi connectivity index (χ0) is 23.9. The van der Waals surface area contributed by atoms with Crippen molar-refractivity contribution in [2.75, 3.05) is 5.32 Å². The van der Waals surface area contributed by atoms with E-state index < -0.39 is 27.4 Å². The lowest BCUT2D eigenvalue weighted by atomic mass is 10.2. The number of urea groups is 1. The van der Waals surface area contributed by atoms with E-state index in [4.69, 9.17) is 0 Å². The van der Waals surface area contributed by atoms with Gasteiger partial charge in [-0.1, -0.05) is 0 Å². The van der Waals surface area contributed by atoms with Gasteiger partial charge in [0.15, 0.2) is 0 Å². The van der Waals surface area contributed by atoms with E-state index in [1.165, 1.54) is 18.2 Å². The molecular formula is C21H17FN4O4S3. The highest BCUT2D eigenvalue weighted by molar-refractivity contribution is 7.92. The normalized spacial score (nSPS) is 11.5. The van der Waals surface area contributed by atoms with Crippen molar-refractivity contribution in [1.29, 1.82) is 0 Å². The van der Waals surface area contributed by atoms with Crippen LogP contribution >= 0.6 is 24.0 Å². The molecule has 0 fully saturated rings. The highest BCUT2D eigenvalue weighted by Crippen LogP contribution is 2.22. The second kappa shape index (κ2) is 8.61. The second-order valence-electron chi connectivity index (χ2n) is 7.09. The molecule has 33 heavy (non-hydrogen) atoms. The quantitative estimate of drug-likeness (QED) is 0.364. The van der Waals surface area contributed by atoms with Gasteiger partial charge in [0.05, 0.1) is 16.6 Å². The largest absolute Gasteiger partial charge is 0.333 e. The number of carbonyl (C=O) groups is 1. The fourth-order valence-electron chi connectivity index (χ4n) is 3.22. The van der Waals surface area contributed by atoms with Gasteiger partial charge < -0.3 is 5.32 Å². The van der Waals surface area contributed by atoms with Gasteiger partial charge >= 0.3 is 6.03 Å². The van der Waals surface area contributed by atoms with E-state index in [0.29, 0.717) is 10.4 Å². The molecule has 0 saturated carbocycles. The van der Waals surface area contributed by atoms with E-state index >= 15 is 0 Å². The fourth-order valence-corrected chi connectivity index (χ4v) is 5.61. The topological polar surface area (TPSA) is 110 Å². The maximum absolute atomic E-state index is 14.9. The van der Waals surface area contributed by atoms with Crippen LogP contribution in [0.25, 0.3) is 16.6 Å². The van der Waals surface area contributed by atoms with Crippen LogP contribution in [-0.2, 0) is 10.0 Å². The highest BCUT2D eigenvalue weighted by atomic mass is 32.2. The Hall–Kier alpha value is -3.22. The molecule has 8 nitrogen and oxygen atoms in total. The summed E-state index contributed by atoms with van der Waals surface area (Å²) in [7, 11) is -4.05. The molecule has 0 saturated heterocycles. The number of benzene rings is 2. The number of hydrogen-bond donors (Lipinski definition) is 3. The molecule has 0 aliphatic carbocycles. The maximum Gasteiger partial charge on any atom is 0.333 e. The summed E-state index contributed by atoms with van der Waals surface area (Å²) < 4.78 is 42.5. The van der Waals surface area contributed by atoms with Crippen LogP contribution in [0.1, 0.15) is 10.7 Å². The van der Waals surface area contributed by atoms with Crippen molar-refractivity contribution in [3.63, 3.8) is 0 Å². The van der Waals surface area contributed by atoms with Crippen molar-refractivity contribution >= 4 is 56.6 Å². The van der Waals surface area contributed by atoms with Crippen LogP contribution in [-0.4, -0.2) is 24.0 Å². The van der Waals surface area contributed by atoms with Crippen LogP contribution in [0.3, 0.4) is 0 Å². The number of aryl methyl sites for hydroxylation is 2. The SMILES string of the molecule is Cc1ccc(S(=O)(=O)NC(=O)Nc2ccc(-n3c(C)nc4ccc(S)cc4c3=O)c(F)c2)s1. The first-order valence-corrected chi connectivity index (χ1v) is 12.2. The summed E-state index contributed by atoms with van der Waals surface area (Å²) >= 11 is 5.25. The number of sulfonamides is 1. The summed E-state index contributed by atoms with van der Waals surface area (Å²) in [4.78, 5) is 30.8. The monoisotopic (exact) mass is 504 g/mol. The molecule has 2 heterocycles. The average Bonchev–Trinajstić information content (AvgIpc) is 3.17. The number of fused-ring (bicyclic) bond motifs is 1. The number of halogens is 1. The number of rotatable bonds is 4. The summed E-state index contributed by atoms with van der Waals surface area (Å²) in [6, 6.07) is 10.5. The Labute approximate surface area is 197 Å². The lowest BCUT2D eigenvalue weighted by Crippen LogP contribution is -2.34. The summed E-state index contributed by atoms with van der Waals surface area (Å²) in [5, 5.41) is 2.56. The first-order valence-electron chi connectivity index (χ1n) is 9.48. The molecule has 2 amide bonds. The first kappa shape index (κ1) is 23.0. The molecule has 2 aromatic carbocycles. The number of aromatic nitrogens is 2. The summed E-state index contributed by atoms with van der Waals surface area (Å²) in [5.74, 6) is -0.535. The summed E-state index contributed by atoms with van der Waals surface area (Å²) in [6.45, 7) is 3.31. The number of hydrogen-bond acceptors (Lipinski definition) is 7. The summed E-state index contributed by atoms with van der Waals surface area (Å²) in [5.41, 5.74) is -0.0698. The van der Waals surface area contributed by atoms with Crippen LogP contribution in [0.2, 0.25) is 0 Å². The van der Waals surface area contributed by atoms with Gasteiger partial charge in [0.1, 0.15) is 15.9 Å². The third-order valence-electron chi connectivity index (χ3n) is 4.67. The van der Waals surface area contributed by atoms with Crippen LogP contribution in [0, 0.1) is 19.7 Å². The number of nitrogens with one attached hydrogen (secondary N) is 2. The van der Waals surface area contributed by atoms with Crippen molar-refractivity contribution < 1.29 is 17.6 Å². The summed E-state index contributed by atoms with van der Waals surface area (Å²) in [6.07, 6.45) is 0. The maximum atomic E-state index is 14.9. The van der Waals surface area contributed by atoms with Gasteiger partial charge in [-0.15, -0.1) is 24.0 Å². The van der Waals surface area contributed by atoms with E-state index in [9.17, 15) is 22.4 Å². The van der Waals surface area contributed by atoms with Crippen LogP contribution in [0.15, 0.2) is 62.4 Å². The Morgan fingerprint density at radius 3 is 2.55 bits per heavy atom. The molecule has 12 heteroatoms. The predicted octanol–water partition coefficient (Wildman–Crippen LogP) is 4.00. The van der Waals surface area contributed by atoms with E-state index in [0.717, 1.165) is 26.8 Å². The molecule has 2 N–H and O–H groups in total. The van der Waals surface area contributed by atoms with E-state index in [1.807, 2.05) is 4.72 Å². The molecule has 0 radical (unpaired) electrons. The van der Waals surface area contributed by atoms with Gasteiger partial charge in [-0.05, 0) is 62.4 Å². The Balaban J connectivity index is 1.62. The third-order valence-corrected chi connectivity index (χ3v) is 7.78. The molecular weight excluding hydrogens is 487 g/mol. The minimum Gasteiger partial charge on any atom is -0.307 e. The minimum absolute atomic E-state index is 0.00315. The molecule has 2 aromatic heterocycles. The number of thiophene rings is 1. The second-order valence-corrected chi connectivity index (χ2v) is 10.8. The Morgan fingerprint density at radius 1 is 1.12 bits per heavy atom. The Kier molecular flexibility index (Phi) is 5.99. The zero-order valence-corrected chi connectivity index (χ0v) is 19.8. The van der Waals surface area contributed by atoms with E-state index in [1.54, 1.807) is 38.1 Å². The van der Waals surface area contributed by atoms with Crippen LogP contribution in [0.5, 0.6) is 0 Å². The van der Waals surface area contributed by atoms with Crippen LogP contribution in [0.4, 0.5) is 14.9 Å². The Bertz CT molecular complexity index is 1580. The predicted molar refractivity (Wildman–Crippen MR) is 128 cm³/mol. The van der Waals surface area contributed by atoms with Crippen molar-refractivity contribution in [3.8, 4) is 5.69 Å². The molecule has 0 spiro atoms. The van der Waals surface area contributed by atoms with Gasteiger partial charge in [-0.25, -0.2) is 27.3 Å². The molecule has 170 valence electrons. The minimum atomic E-state index is -4.05. The van der Waals surface area contributed by atoms with Gasteiger partial charge in [-0.2, -0.15) is 0 Å². The number of thiol groups is 1. The molecule has 0 atom stereocenters. The van der Waals surface area contributed by atoms with Gasteiger partial charge in [0, 0.05) is 15.5 Å². The van der Waals surface area contributed by atoms with Crippen molar-refractivity contribution in [2.45, 2.75) is 23.0 Å². The van der Waals surface area contributed by atoms with Crippen molar-refractivity contribution in [3.05, 3.63) is 75.4 Å².